The first-order valence-electron chi connectivity index (χ1n) is 7.08. The highest BCUT2D eigenvalue weighted by Gasteiger charge is 2.42. The van der Waals surface area contributed by atoms with E-state index in [1.807, 2.05) is 30.3 Å². The number of ether oxygens (including phenoxy) is 1. The fourth-order valence-corrected chi connectivity index (χ4v) is 2.98. The van der Waals surface area contributed by atoms with Crippen LogP contribution in [0, 0.1) is 0 Å². The van der Waals surface area contributed by atoms with Gasteiger partial charge in [0.2, 0.25) is 0 Å². The van der Waals surface area contributed by atoms with Crippen LogP contribution < -0.4 is 0 Å². The normalized spacial score (nSPS) is 15.9. The minimum absolute atomic E-state index is 0.0344. The van der Waals surface area contributed by atoms with Crippen molar-refractivity contribution in [3.8, 4) is 0 Å². The Kier molecular flexibility index (Phi) is 4.35. The molecule has 0 N–H and O–H groups in total. The van der Waals surface area contributed by atoms with Crippen LogP contribution in [-0.2, 0) is 23.8 Å². The van der Waals surface area contributed by atoms with Crippen LogP contribution in [0.15, 0.2) is 53.0 Å². The molecule has 0 spiro atoms. The molecule has 2 aromatic carbocycles. The van der Waals surface area contributed by atoms with E-state index in [9.17, 15) is 13.6 Å². The van der Waals surface area contributed by atoms with Gasteiger partial charge in [0, 0.05) is 16.6 Å². The van der Waals surface area contributed by atoms with Gasteiger partial charge in [0.25, 0.3) is 5.92 Å². The van der Waals surface area contributed by atoms with E-state index < -0.39 is 18.6 Å². The van der Waals surface area contributed by atoms with E-state index >= 15 is 0 Å². The van der Waals surface area contributed by atoms with Crippen LogP contribution in [-0.4, -0.2) is 17.5 Å². The van der Waals surface area contributed by atoms with E-state index in [-0.39, 0.29) is 18.7 Å². The lowest BCUT2D eigenvalue weighted by atomic mass is 9.97. The maximum atomic E-state index is 14.2. The van der Waals surface area contributed by atoms with Crippen molar-refractivity contribution in [3.05, 3.63) is 69.7 Å². The first kappa shape index (κ1) is 15.9. The van der Waals surface area contributed by atoms with Crippen LogP contribution in [0.1, 0.15) is 16.7 Å². The molecule has 0 unspecified atom stereocenters. The van der Waals surface area contributed by atoms with E-state index in [2.05, 4.69) is 15.9 Å². The van der Waals surface area contributed by atoms with E-state index in [0.717, 1.165) is 10.5 Å². The molecule has 23 heavy (non-hydrogen) atoms. The van der Waals surface area contributed by atoms with Crippen molar-refractivity contribution in [1.29, 1.82) is 0 Å². The third kappa shape index (κ3) is 3.52. The van der Waals surface area contributed by atoms with Crippen molar-refractivity contribution in [3.63, 3.8) is 0 Å². The third-order valence-electron chi connectivity index (χ3n) is 3.68. The number of carbonyl (C=O) groups is 1. The summed E-state index contributed by atoms with van der Waals surface area (Å²) in [6.45, 7) is -0.500. The molecule has 0 fully saturated rings. The van der Waals surface area contributed by atoms with Gasteiger partial charge in [-0.05, 0) is 23.3 Å². The zero-order chi connectivity index (χ0) is 16.4. The number of hydrogen-bond acceptors (Lipinski definition) is 2. The Balaban J connectivity index is 1.73. The second-order valence-corrected chi connectivity index (χ2v) is 6.32. The molecule has 0 radical (unpaired) electrons. The summed E-state index contributed by atoms with van der Waals surface area (Å²) < 4.78 is 34.3. The Morgan fingerprint density at radius 2 is 1.96 bits per heavy atom. The highest BCUT2D eigenvalue weighted by Crippen LogP contribution is 2.37. The standard InChI is InChI=1S/C17H14BrF2NO2/c18-14-6-7-15-13(8-14)9-21(11-17(15,19)20)16(22)23-10-12-4-2-1-3-5-12/h1-8H,9-11H2. The smallest absolute Gasteiger partial charge is 0.410 e. The summed E-state index contributed by atoms with van der Waals surface area (Å²) in [6.07, 6.45) is -0.737. The van der Waals surface area contributed by atoms with Crippen LogP contribution in [0.3, 0.4) is 0 Å². The van der Waals surface area contributed by atoms with Gasteiger partial charge >= 0.3 is 6.09 Å². The molecular weight excluding hydrogens is 368 g/mol. The van der Waals surface area contributed by atoms with Gasteiger partial charge < -0.3 is 4.74 Å². The summed E-state index contributed by atoms with van der Waals surface area (Å²) in [5.41, 5.74) is 1.20. The van der Waals surface area contributed by atoms with E-state index in [1.54, 1.807) is 12.1 Å². The van der Waals surface area contributed by atoms with Crippen LogP contribution >= 0.6 is 15.9 Å². The molecular formula is C17H14BrF2NO2. The SMILES string of the molecule is O=C(OCc1ccccc1)N1Cc2cc(Br)ccc2C(F)(F)C1. The number of carbonyl (C=O) groups excluding carboxylic acids is 1. The molecule has 2 aromatic rings. The molecule has 1 aliphatic heterocycles. The van der Waals surface area contributed by atoms with E-state index in [1.165, 1.54) is 6.07 Å². The molecule has 0 aliphatic carbocycles. The molecule has 0 saturated heterocycles. The first-order chi connectivity index (χ1) is 11.0. The van der Waals surface area contributed by atoms with Gasteiger partial charge in [-0.15, -0.1) is 0 Å². The highest BCUT2D eigenvalue weighted by atomic mass is 79.9. The van der Waals surface area contributed by atoms with Crippen LogP contribution in [0.4, 0.5) is 13.6 Å². The zero-order valence-electron chi connectivity index (χ0n) is 12.1. The quantitative estimate of drug-likeness (QED) is 0.754. The first-order valence-corrected chi connectivity index (χ1v) is 7.87. The topological polar surface area (TPSA) is 29.5 Å². The van der Waals surface area contributed by atoms with Crippen molar-refractivity contribution >= 4 is 22.0 Å². The molecule has 0 aromatic heterocycles. The highest BCUT2D eigenvalue weighted by molar-refractivity contribution is 9.10. The van der Waals surface area contributed by atoms with Crippen molar-refractivity contribution in [1.82, 2.24) is 4.90 Å². The monoisotopic (exact) mass is 381 g/mol. The number of hydrogen-bond donors (Lipinski definition) is 0. The lowest BCUT2D eigenvalue weighted by molar-refractivity contribution is -0.0504. The summed E-state index contributed by atoms with van der Waals surface area (Å²) in [5.74, 6) is -3.08. The van der Waals surface area contributed by atoms with Gasteiger partial charge in [0.05, 0.1) is 6.54 Å². The molecule has 0 atom stereocenters. The average Bonchev–Trinajstić information content (AvgIpc) is 2.52. The van der Waals surface area contributed by atoms with Crippen LogP contribution in [0.25, 0.3) is 0 Å². The van der Waals surface area contributed by atoms with Crippen LogP contribution in [0.5, 0.6) is 0 Å². The minimum atomic E-state index is -3.08. The van der Waals surface area contributed by atoms with Gasteiger partial charge in [-0.1, -0.05) is 52.3 Å². The molecule has 3 nitrogen and oxygen atoms in total. The van der Waals surface area contributed by atoms with Gasteiger partial charge in [-0.2, -0.15) is 8.78 Å². The van der Waals surface area contributed by atoms with Gasteiger partial charge in [-0.25, -0.2) is 4.79 Å². The number of nitrogens with zero attached hydrogens (tertiary/aromatic N) is 1. The lowest BCUT2D eigenvalue weighted by Crippen LogP contribution is -2.44. The predicted molar refractivity (Wildman–Crippen MR) is 85.1 cm³/mol. The fourth-order valence-electron chi connectivity index (χ4n) is 2.58. The largest absolute Gasteiger partial charge is 0.445 e. The molecule has 0 bridgehead atoms. The van der Waals surface area contributed by atoms with Crippen LogP contribution in [0.2, 0.25) is 0 Å². The van der Waals surface area contributed by atoms with Crippen molar-refractivity contribution in [2.75, 3.05) is 6.54 Å². The maximum absolute atomic E-state index is 14.2. The van der Waals surface area contributed by atoms with Crippen molar-refractivity contribution < 1.29 is 18.3 Å². The molecule has 6 heteroatoms. The number of benzene rings is 2. The van der Waals surface area contributed by atoms with E-state index in [0.29, 0.717) is 10.0 Å². The molecule has 0 saturated carbocycles. The number of fused-ring (bicyclic) bond motifs is 1. The molecule has 3 rings (SSSR count). The van der Waals surface area contributed by atoms with Gasteiger partial charge in [-0.3, -0.25) is 4.90 Å². The summed E-state index contributed by atoms with van der Waals surface area (Å²) in [4.78, 5) is 13.2. The Morgan fingerprint density at radius 1 is 1.22 bits per heavy atom. The molecule has 1 amide bonds. The van der Waals surface area contributed by atoms with Crippen molar-refractivity contribution in [2.24, 2.45) is 0 Å². The summed E-state index contributed by atoms with van der Waals surface area (Å²) in [5, 5.41) is 0. The Morgan fingerprint density at radius 3 is 2.70 bits per heavy atom. The molecule has 120 valence electrons. The second-order valence-electron chi connectivity index (χ2n) is 5.40. The lowest BCUT2D eigenvalue weighted by Gasteiger charge is -2.33. The zero-order valence-corrected chi connectivity index (χ0v) is 13.7. The Hall–Kier alpha value is -1.95. The summed E-state index contributed by atoms with van der Waals surface area (Å²) >= 11 is 3.27. The average molecular weight is 382 g/mol. The maximum Gasteiger partial charge on any atom is 0.410 e. The van der Waals surface area contributed by atoms with Gasteiger partial charge in [0.15, 0.2) is 0 Å². The minimum Gasteiger partial charge on any atom is -0.445 e. The van der Waals surface area contributed by atoms with E-state index in [4.69, 9.17) is 4.74 Å². The Labute approximate surface area is 141 Å². The number of amides is 1. The number of halogens is 3. The summed E-state index contributed by atoms with van der Waals surface area (Å²) in [7, 11) is 0. The third-order valence-corrected chi connectivity index (χ3v) is 4.17. The second kappa shape index (κ2) is 6.28. The summed E-state index contributed by atoms with van der Waals surface area (Å²) in [6, 6.07) is 13.7. The number of alkyl halides is 2. The van der Waals surface area contributed by atoms with Crippen molar-refractivity contribution in [2.45, 2.75) is 19.1 Å². The van der Waals surface area contributed by atoms with Gasteiger partial charge in [0.1, 0.15) is 6.61 Å². The molecule has 1 heterocycles. The fraction of sp³-hybridized carbons (Fsp3) is 0.235. The number of rotatable bonds is 2. The molecule has 1 aliphatic rings. The predicted octanol–water partition coefficient (Wildman–Crippen LogP) is 4.69. The Bertz CT molecular complexity index is 722.